The van der Waals surface area contributed by atoms with Gasteiger partial charge < -0.3 is 10.0 Å². The minimum Gasteiger partial charge on any atom is -0.385 e. The van der Waals surface area contributed by atoms with Crippen LogP contribution in [0.2, 0.25) is 10.0 Å². The fourth-order valence-electron chi connectivity index (χ4n) is 2.38. The second-order valence-electron chi connectivity index (χ2n) is 4.81. The van der Waals surface area contributed by atoms with Crippen molar-refractivity contribution in [1.82, 2.24) is 4.90 Å². The van der Waals surface area contributed by atoms with Crippen LogP contribution in [0.4, 0.5) is 0 Å². The van der Waals surface area contributed by atoms with E-state index < -0.39 is 5.60 Å². The van der Waals surface area contributed by atoms with Crippen molar-refractivity contribution in [2.45, 2.75) is 24.9 Å². The van der Waals surface area contributed by atoms with Gasteiger partial charge in [-0.05, 0) is 51.1 Å². The molecule has 2 rings (SSSR count). The Morgan fingerprint density at radius 1 is 1.24 bits per heavy atom. The molecule has 1 aliphatic heterocycles. The van der Waals surface area contributed by atoms with Crippen LogP contribution in [-0.4, -0.2) is 30.1 Å². The Labute approximate surface area is 112 Å². The van der Waals surface area contributed by atoms with Gasteiger partial charge in [-0.25, -0.2) is 0 Å². The number of aliphatic hydroxyl groups is 1. The Bertz CT molecular complexity index is 410. The lowest BCUT2D eigenvalue weighted by Gasteiger charge is -2.28. The highest BCUT2D eigenvalue weighted by Gasteiger charge is 2.33. The van der Waals surface area contributed by atoms with Gasteiger partial charge in [0.05, 0.1) is 5.60 Å². The van der Waals surface area contributed by atoms with E-state index in [2.05, 4.69) is 11.9 Å². The van der Waals surface area contributed by atoms with Crippen molar-refractivity contribution in [2.75, 3.05) is 20.1 Å². The van der Waals surface area contributed by atoms with Crippen molar-refractivity contribution < 1.29 is 5.11 Å². The lowest BCUT2D eigenvalue weighted by atomic mass is 9.87. The van der Waals surface area contributed by atoms with E-state index in [0.29, 0.717) is 16.5 Å². The summed E-state index contributed by atoms with van der Waals surface area (Å²) in [6, 6.07) is 5.29. The third-order valence-corrected chi connectivity index (χ3v) is 4.03. The van der Waals surface area contributed by atoms with E-state index in [1.54, 1.807) is 18.2 Å². The van der Waals surface area contributed by atoms with E-state index in [1.165, 1.54) is 0 Å². The summed E-state index contributed by atoms with van der Waals surface area (Å²) in [5, 5.41) is 12.0. The molecule has 1 aromatic rings. The largest absolute Gasteiger partial charge is 0.385 e. The molecule has 1 aromatic carbocycles. The molecule has 0 saturated carbocycles. The van der Waals surface area contributed by atoms with Gasteiger partial charge in [-0.2, -0.15) is 0 Å². The van der Waals surface area contributed by atoms with Crippen molar-refractivity contribution in [3.8, 4) is 0 Å². The molecule has 0 aliphatic carbocycles. The summed E-state index contributed by atoms with van der Waals surface area (Å²) in [6.45, 7) is 1.89. The Balaban J connectivity index is 2.33. The summed E-state index contributed by atoms with van der Waals surface area (Å²) in [6.07, 6.45) is 2.40. The van der Waals surface area contributed by atoms with Crippen molar-refractivity contribution in [1.29, 1.82) is 0 Å². The molecule has 17 heavy (non-hydrogen) atoms. The molecule has 1 unspecified atom stereocenters. The molecule has 1 N–H and O–H groups in total. The minimum atomic E-state index is -0.841. The highest BCUT2D eigenvalue weighted by molar-refractivity contribution is 6.33. The molecular weight excluding hydrogens is 257 g/mol. The summed E-state index contributed by atoms with van der Waals surface area (Å²) in [5.41, 5.74) is -0.0748. The predicted molar refractivity (Wildman–Crippen MR) is 71.7 cm³/mol. The summed E-state index contributed by atoms with van der Waals surface area (Å²) in [5.74, 6) is 0. The fraction of sp³-hybridized carbons (Fsp3) is 0.538. The molecule has 1 aliphatic rings. The van der Waals surface area contributed by atoms with Crippen molar-refractivity contribution in [3.63, 3.8) is 0 Å². The smallest absolute Gasteiger partial charge is 0.0924 e. The molecule has 0 spiro atoms. The van der Waals surface area contributed by atoms with Crippen LogP contribution in [0.15, 0.2) is 18.2 Å². The third-order valence-electron chi connectivity index (χ3n) is 3.47. The van der Waals surface area contributed by atoms with E-state index in [-0.39, 0.29) is 0 Å². The molecule has 0 amide bonds. The first-order valence-electron chi connectivity index (χ1n) is 5.88. The molecule has 0 bridgehead atoms. The quantitative estimate of drug-likeness (QED) is 0.849. The van der Waals surface area contributed by atoms with Gasteiger partial charge >= 0.3 is 0 Å². The van der Waals surface area contributed by atoms with E-state index in [0.717, 1.165) is 31.5 Å². The monoisotopic (exact) mass is 273 g/mol. The van der Waals surface area contributed by atoms with Gasteiger partial charge in [-0.15, -0.1) is 0 Å². The zero-order valence-corrected chi connectivity index (χ0v) is 11.4. The Kier molecular flexibility index (Phi) is 3.99. The lowest BCUT2D eigenvalue weighted by molar-refractivity contribution is 0.0219. The number of hydrogen-bond acceptors (Lipinski definition) is 2. The van der Waals surface area contributed by atoms with Gasteiger partial charge in [-0.1, -0.05) is 23.2 Å². The zero-order valence-electron chi connectivity index (χ0n) is 9.92. The summed E-state index contributed by atoms with van der Waals surface area (Å²) >= 11 is 12.2. The van der Waals surface area contributed by atoms with Crippen molar-refractivity contribution in [3.05, 3.63) is 33.8 Å². The van der Waals surface area contributed by atoms with Crippen LogP contribution in [0.3, 0.4) is 0 Å². The summed E-state index contributed by atoms with van der Waals surface area (Å²) in [4.78, 5) is 2.23. The zero-order chi connectivity index (χ0) is 12.5. The summed E-state index contributed by atoms with van der Waals surface area (Å²) in [7, 11) is 2.07. The van der Waals surface area contributed by atoms with Crippen LogP contribution in [0, 0.1) is 0 Å². The average molecular weight is 274 g/mol. The van der Waals surface area contributed by atoms with Crippen molar-refractivity contribution >= 4 is 23.2 Å². The first-order chi connectivity index (χ1) is 8.01. The Hall–Kier alpha value is -0.280. The molecule has 1 heterocycles. The molecule has 94 valence electrons. The minimum absolute atomic E-state index is 0.599. The SMILES string of the molecule is CN1CCCC(O)(c2cc(Cl)ccc2Cl)CC1. The van der Waals surface area contributed by atoms with E-state index in [4.69, 9.17) is 23.2 Å². The second kappa shape index (κ2) is 5.15. The van der Waals surface area contributed by atoms with Crippen LogP contribution in [0.5, 0.6) is 0 Å². The number of halogens is 2. The van der Waals surface area contributed by atoms with Gasteiger partial charge in [0.25, 0.3) is 0 Å². The first kappa shape index (κ1) is 13.2. The van der Waals surface area contributed by atoms with Crippen molar-refractivity contribution in [2.24, 2.45) is 0 Å². The van der Waals surface area contributed by atoms with Gasteiger partial charge in [0, 0.05) is 22.2 Å². The molecule has 1 atom stereocenters. The fourth-order valence-corrected chi connectivity index (χ4v) is 2.84. The average Bonchev–Trinajstić information content (AvgIpc) is 2.46. The Morgan fingerprint density at radius 2 is 2.00 bits per heavy atom. The van der Waals surface area contributed by atoms with E-state index in [9.17, 15) is 5.11 Å². The van der Waals surface area contributed by atoms with E-state index in [1.807, 2.05) is 0 Å². The maximum atomic E-state index is 10.8. The Morgan fingerprint density at radius 3 is 2.76 bits per heavy atom. The second-order valence-corrected chi connectivity index (χ2v) is 5.66. The number of likely N-dealkylation sites (tertiary alicyclic amines) is 1. The van der Waals surface area contributed by atoms with Crippen LogP contribution < -0.4 is 0 Å². The third kappa shape index (κ3) is 2.94. The topological polar surface area (TPSA) is 23.5 Å². The van der Waals surface area contributed by atoms with Gasteiger partial charge in [0.1, 0.15) is 0 Å². The predicted octanol–water partition coefficient (Wildman–Crippen LogP) is 3.30. The van der Waals surface area contributed by atoms with Crippen LogP contribution in [0.1, 0.15) is 24.8 Å². The first-order valence-corrected chi connectivity index (χ1v) is 6.63. The molecule has 2 nitrogen and oxygen atoms in total. The lowest BCUT2D eigenvalue weighted by Crippen LogP contribution is -2.28. The number of rotatable bonds is 1. The number of nitrogens with zero attached hydrogens (tertiary/aromatic N) is 1. The van der Waals surface area contributed by atoms with Crippen LogP contribution >= 0.6 is 23.2 Å². The van der Waals surface area contributed by atoms with Crippen LogP contribution in [0.25, 0.3) is 0 Å². The number of benzene rings is 1. The molecule has 0 radical (unpaired) electrons. The molecule has 0 aromatic heterocycles. The van der Waals surface area contributed by atoms with Crippen LogP contribution in [-0.2, 0) is 5.60 Å². The molecule has 4 heteroatoms. The normalized spacial score (nSPS) is 26.8. The standard InChI is InChI=1S/C13H17Cl2NO/c1-16-7-2-5-13(17,6-8-16)11-9-10(14)3-4-12(11)15/h3-4,9,17H,2,5-8H2,1H3. The summed E-state index contributed by atoms with van der Waals surface area (Å²) < 4.78 is 0. The van der Waals surface area contributed by atoms with E-state index >= 15 is 0 Å². The molecular formula is C13H17Cl2NO. The number of hydrogen-bond donors (Lipinski definition) is 1. The highest BCUT2D eigenvalue weighted by Crippen LogP contribution is 2.37. The molecule has 1 saturated heterocycles. The molecule has 1 fully saturated rings. The maximum absolute atomic E-state index is 10.8. The van der Waals surface area contributed by atoms with Gasteiger partial charge in [0.2, 0.25) is 0 Å². The van der Waals surface area contributed by atoms with Gasteiger partial charge in [0.15, 0.2) is 0 Å². The van der Waals surface area contributed by atoms with Gasteiger partial charge in [-0.3, -0.25) is 0 Å². The highest BCUT2D eigenvalue weighted by atomic mass is 35.5. The maximum Gasteiger partial charge on any atom is 0.0924 e.